The molecule has 1 saturated carbocycles. The summed E-state index contributed by atoms with van der Waals surface area (Å²) in [6.45, 7) is 4.72. The molecule has 1 amide bonds. The predicted molar refractivity (Wildman–Crippen MR) is 153 cm³/mol. The Morgan fingerprint density at radius 3 is 2.73 bits per heavy atom. The number of imidazole rings is 1. The first-order valence-corrected chi connectivity index (χ1v) is 14.3. The number of pyridine rings is 1. The van der Waals surface area contributed by atoms with Crippen LogP contribution in [-0.4, -0.2) is 61.1 Å². The van der Waals surface area contributed by atoms with Gasteiger partial charge in [0, 0.05) is 43.6 Å². The number of hydrogen-bond donors (Lipinski definition) is 2. The third-order valence-electron chi connectivity index (χ3n) is 8.53. The van der Waals surface area contributed by atoms with Crippen LogP contribution in [0.3, 0.4) is 0 Å². The number of carbonyl (C=O) groups excluding carboxylic acids is 1. The van der Waals surface area contributed by atoms with Crippen LogP contribution in [0.1, 0.15) is 48.2 Å². The van der Waals surface area contributed by atoms with Crippen molar-refractivity contribution >= 4 is 28.6 Å². The molecular formula is C30H35N7O3. The van der Waals surface area contributed by atoms with Crippen molar-refractivity contribution in [3.8, 4) is 17.1 Å². The molecule has 2 fully saturated rings. The van der Waals surface area contributed by atoms with Crippen LogP contribution in [0.15, 0.2) is 36.5 Å². The van der Waals surface area contributed by atoms with Gasteiger partial charge < -0.3 is 19.3 Å². The van der Waals surface area contributed by atoms with Gasteiger partial charge in [-0.15, -0.1) is 0 Å². The molecule has 10 heteroatoms. The SMILES string of the molecule is Cc1cc2cc(n1)-c1cnn(C)c1OCCCC(C1CC1)Cn1c(nc3ccc(N4CCC(O)C4)cc31)NC2=O. The fraction of sp³-hybridized carbons (Fsp3) is 0.467. The number of β-amino-alcohol motifs (C(OH)–C–C–N with tert-alkyl or cyclic N) is 1. The van der Waals surface area contributed by atoms with Crippen LogP contribution in [0.2, 0.25) is 0 Å². The van der Waals surface area contributed by atoms with Gasteiger partial charge in [-0.1, -0.05) is 0 Å². The van der Waals surface area contributed by atoms with Crippen molar-refractivity contribution < 1.29 is 14.6 Å². The number of aliphatic hydroxyl groups excluding tert-OH is 1. The van der Waals surface area contributed by atoms with E-state index in [1.807, 2.05) is 20.0 Å². The summed E-state index contributed by atoms with van der Waals surface area (Å²) in [7, 11) is 1.87. The number of aromatic nitrogens is 5. The molecule has 2 unspecified atom stereocenters. The van der Waals surface area contributed by atoms with Gasteiger partial charge in [0.2, 0.25) is 11.8 Å². The van der Waals surface area contributed by atoms with Gasteiger partial charge >= 0.3 is 0 Å². The van der Waals surface area contributed by atoms with Gasteiger partial charge in [0.1, 0.15) is 0 Å². The number of amides is 1. The highest BCUT2D eigenvalue weighted by molar-refractivity contribution is 6.05. The second-order valence-corrected chi connectivity index (χ2v) is 11.5. The smallest absolute Gasteiger partial charge is 0.258 e. The van der Waals surface area contributed by atoms with Crippen LogP contribution in [0.5, 0.6) is 5.88 Å². The van der Waals surface area contributed by atoms with Crippen molar-refractivity contribution in [3.63, 3.8) is 0 Å². The van der Waals surface area contributed by atoms with E-state index in [9.17, 15) is 9.90 Å². The number of benzene rings is 1. The minimum absolute atomic E-state index is 0.226. The molecule has 0 spiro atoms. The zero-order valence-corrected chi connectivity index (χ0v) is 23.0. The number of aryl methyl sites for hydroxylation is 2. The van der Waals surface area contributed by atoms with Crippen LogP contribution in [-0.2, 0) is 13.6 Å². The van der Waals surface area contributed by atoms with Gasteiger partial charge in [-0.2, -0.15) is 5.10 Å². The minimum atomic E-state index is -0.296. The maximum Gasteiger partial charge on any atom is 0.258 e. The molecule has 2 atom stereocenters. The predicted octanol–water partition coefficient (Wildman–Crippen LogP) is 4.16. The van der Waals surface area contributed by atoms with Crippen LogP contribution >= 0.6 is 0 Å². The van der Waals surface area contributed by atoms with Gasteiger partial charge in [0.25, 0.3) is 5.91 Å². The Kier molecular flexibility index (Phi) is 6.22. The average Bonchev–Trinajstić information content (AvgIpc) is 3.46. The van der Waals surface area contributed by atoms with Crippen molar-refractivity contribution in [1.82, 2.24) is 24.3 Å². The van der Waals surface area contributed by atoms with Gasteiger partial charge in [0.15, 0.2) is 0 Å². The lowest BCUT2D eigenvalue weighted by Gasteiger charge is -2.21. The van der Waals surface area contributed by atoms with E-state index >= 15 is 0 Å². The lowest BCUT2D eigenvalue weighted by atomic mass is 9.97. The second kappa shape index (κ2) is 9.92. The lowest BCUT2D eigenvalue weighted by molar-refractivity contribution is 0.102. The van der Waals surface area contributed by atoms with E-state index in [0.717, 1.165) is 60.3 Å². The fourth-order valence-electron chi connectivity index (χ4n) is 6.24. The van der Waals surface area contributed by atoms with E-state index in [2.05, 4.69) is 32.0 Å². The molecule has 208 valence electrons. The Balaban J connectivity index is 1.32. The number of hydrogen-bond acceptors (Lipinski definition) is 7. The number of ether oxygens (including phenoxy) is 1. The van der Waals surface area contributed by atoms with E-state index in [-0.39, 0.29) is 12.0 Å². The number of fused-ring (bicyclic) bond motifs is 7. The van der Waals surface area contributed by atoms with Gasteiger partial charge in [-0.3, -0.25) is 15.1 Å². The first-order valence-electron chi connectivity index (χ1n) is 14.3. The summed E-state index contributed by atoms with van der Waals surface area (Å²) >= 11 is 0. The van der Waals surface area contributed by atoms with Gasteiger partial charge in [-0.05, 0) is 81.2 Å². The van der Waals surface area contributed by atoms with Crippen molar-refractivity contribution in [3.05, 3.63) is 47.8 Å². The molecule has 3 aliphatic rings. The summed E-state index contributed by atoms with van der Waals surface area (Å²) in [4.78, 5) is 25.5. The highest BCUT2D eigenvalue weighted by Crippen LogP contribution is 2.41. The summed E-state index contributed by atoms with van der Waals surface area (Å²) in [5, 5.41) is 17.7. The summed E-state index contributed by atoms with van der Waals surface area (Å²) in [6.07, 6.45) is 6.64. The van der Waals surface area contributed by atoms with E-state index in [4.69, 9.17) is 14.7 Å². The van der Waals surface area contributed by atoms with E-state index in [1.165, 1.54) is 12.8 Å². The molecule has 2 bridgehead atoms. The van der Waals surface area contributed by atoms with E-state index in [0.29, 0.717) is 48.1 Å². The first-order chi connectivity index (χ1) is 19.4. The van der Waals surface area contributed by atoms with Gasteiger partial charge in [0.05, 0.1) is 41.2 Å². The zero-order chi connectivity index (χ0) is 27.4. The molecule has 7 rings (SSSR count). The molecular weight excluding hydrogens is 506 g/mol. The summed E-state index contributed by atoms with van der Waals surface area (Å²) in [5.74, 6) is 2.13. The van der Waals surface area contributed by atoms with Crippen LogP contribution < -0.4 is 15.0 Å². The van der Waals surface area contributed by atoms with Crippen molar-refractivity contribution in [2.24, 2.45) is 18.9 Å². The molecule has 1 aromatic carbocycles. The molecule has 1 saturated heterocycles. The summed E-state index contributed by atoms with van der Waals surface area (Å²) in [6, 6.07) is 9.84. The topological polar surface area (TPSA) is 110 Å². The fourth-order valence-corrected chi connectivity index (χ4v) is 6.24. The maximum atomic E-state index is 13.7. The van der Waals surface area contributed by atoms with Crippen LogP contribution in [0.25, 0.3) is 22.3 Å². The Morgan fingerprint density at radius 2 is 1.93 bits per heavy atom. The number of anilines is 2. The molecule has 1 aliphatic carbocycles. The Morgan fingerprint density at radius 1 is 1.05 bits per heavy atom. The lowest BCUT2D eigenvalue weighted by Crippen LogP contribution is -2.21. The number of aliphatic hydroxyl groups is 1. The molecule has 4 aromatic rings. The molecule has 0 radical (unpaired) electrons. The third-order valence-corrected chi connectivity index (χ3v) is 8.53. The monoisotopic (exact) mass is 541 g/mol. The molecule has 10 nitrogen and oxygen atoms in total. The zero-order valence-electron chi connectivity index (χ0n) is 23.0. The van der Waals surface area contributed by atoms with Gasteiger partial charge in [-0.25, -0.2) is 9.67 Å². The Labute approximate surface area is 233 Å². The Hall–Kier alpha value is -3.92. The minimum Gasteiger partial charge on any atom is -0.477 e. The standard InChI is InChI=1S/C30H35N7O3/c1-18-12-21-13-26(32-18)24-15-31-35(2)29(24)40-11-3-4-20(19-5-6-19)16-37-27-14-22(36-10-9-23(38)17-36)7-8-25(27)33-30(37)34-28(21)39/h7-8,12-15,19-20,23,38H,3-6,9-11,16-17H2,1-2H3,(H,33,34,39). The van der Waals surface area contributed by atoms with Crippen molar-refractivity contribution in [1.29, 1.82) is 0 Å². The third kappa shape index (κ3) is 4.70. The number of rotatable bonds is 2. The average molecular weight is 542 g/mol. The number of carbonyl (C=O) groups is 1. The molecule has 5 heterocycles. The highest BCUT2D eigenvalue weighted by atomic mass is 16.5. The molecule has 2 aliphatic heterocycles. The van der Waals surface area contributed by atoms with Crippen LogP contribution in [0, 0.1) is 18.8 Å². The van der Waals surface area contributed by atoms with Crippen molar-refractivity contribution in [2.45, 2.75) is 51.7 Å². The number of nitrogens with one attached hydrogen (secondary N) is 1. The Bertz CT molecular complexity index is 1590. The quantitative estimate of drug-likeness (QED) is 0.392. The molecule has 3 aromatic heterocycles. The highest BCUT2D eigenvalue weighted by Gasteiger charge is 2.32. The second-order valence-electron chi connectivity index (χ2n) is 11.5. The van der Waals surface area contributed by atoms with Crippen LogP contribution in [0.4, 0.5) is 11.6 Å². The van der Waals surface area contributed by atoms with E-state index in [1.54, 1.807) is 23.0 Å². The largest absolute Gasteiger partial charge is 0.477 e. The van der Waals surface area contributed by atoms with Crippen molar-refractivity contribution in [2.75, 3.05) is 29.9 Å². The maximum absolute atomic E-state index is 13.7. The summed E-state index contributed by atoms with van der Waals surface area (Å²) in [5.41, 5.74) is 5.62. The normalized spacial score (nSPS) is 21.8. The molecule has 40 heavy (non-hydrogen) atoms. The molecule has 2 N–H and O–H groups in total. The number of nitrogens with zero attached hydrogens (tertiary/aromatic N) is 6. The first kappa shape index (κ1) is 25.1. The van der Waals surface area contributed by atoms with E-state index < -0.39 is 0 Å². The summed E-state index contributed by atoms with van der Waals surface area (Å²) < 4.78 is 10.2.